The molecule has 0 spiro atoms. The van der Waals surface area contributed by atoms with Gasteiger partial charge in [-0.25, -0.2) is 4.79 Å². The van der Waals surface area contributed by atoms with Crippen molar-refractivity contribution < 1.29 is 5.11 Å². The van der Waals surface area contributed by atoms with E-state index in [4.69, 9.17) is 5.10 Å². The maximum Gasteiger partial charge on any atom is 0.329 e. The molecule has 0 aliphatic carbocycles. The van der Waals surface area contributed by atoms with Crippen molar-refractivity contribution in [1.82, 2.24) is 23.8 Å². The van der Waals surface area contributed by atoms with E-state index in [1.165, 1.54) is 5.56 Å². The largest absolute Gasteiger partial charge is 0.395 e. The highest BCUT2D eigenvalue weighted by Gasteiger charge is 2.24. The Balaban J connectivity index is 1.58. The summed E-state index contributed by atoms with van der Waals surface area (Å²) < 4.78 is 5.72. The van der Waals surface area contributed by atoms with Gasteiger partial charge in [0.1, 0.15) is 5.69 Å². The van der Waals surface area contributed by atoms with E-state index in [9.17, 15) is 9.90 Å². The van der Waals surface area contributed by atoms with Gasteiger partial charge in [-0.2, -0.15) is 5.10 Å². The molecule has 1 atom stereocenters. The van der Waals surface area contributed by atoms with E-state index in [0.717, 1.165) is 65.9 Å². The normalized spacial score (nSPS) is 16.5. The van der Waals surface area contributed by atoms with Gasteiger partial charge in [0.2, 0.25) is 0 Å². The van der Waals surface area contributed by atoms with Gasteiger partial charge in [-0.1, -0.05) is 29.8 Å². The van der Waals surface area contributed by atoms with Gasteiger partial charge in [0.15, 0.2) is 0 Å². The second-order valence-electron chi connectivity index (χ2n) is 9.51. The average Bonchev–Trinajstić information content (AvgIpc) is 3.57. The molecule has 0 radical (unpaired) electrons. The fourth-order valence-electron chi connectivity index (χ4n) is 5.48. The van der Waals surface area contributed by atoms with E-state index in [1.807, 2.05) is 27.7 Å². The summed E-state index contributed by atoms with van der Waals surface area (Å²) in [5.41, 5.74) is 7.34. The van der Waals surface area contributed by atoms with Crippen molar-refractivity contribution in [3.63, 3.8) is 0 Å². The number of likely N-dealkylation sites (tertiary alicyclic amines) is 1. The van der Waals surface area contributed by atoms with Crippen molar-refractivity contribution in [2.24, 2.45) is 0 Å². The van der Waals surface area contributed by atoms with Crippen LogP contribution in [0.25, 0.3) is 33.4 Å². The van der Waals surface area contributed by atoms with Crippen LogP contribution in [-0.2, 0) is 19.6 Å². The molecule has 0 bridgehead atoms. The second kappa shape index (κ2) is 9.84. The number of imidazole rings is 1. The van der Waals surface area contributed by atoms with Crippen LogP contribution >= 0.6 is 0 Å². The molecule has 2 aromatic carbocycles. The van der Waals surface area contributed by atoms with Crippen LogP contribution in [0.5, 0.6) is 0 Å². The van der Waals surface area contributed by atoms with E-state index >= 15 is 0 Å². The maximum absolute atomic E-state index is 12.9. The number of nitrogens with zero attached hydrogens (tertiary/aromatic N) is 5. The van der Waals surface area contributed by atoms with Gasteiger partial charge in [-0.3, -0.25) is 18.7 Å². The number of hydrogen-bond donors (Lipinski definition) is 1. The number of fused-ring (bicyclic) bond motifs is 1. The van der Waals surface area contributed by atoms with Crippen molar-refractivity contribution in [3.8, 4) is 22.4 Å². The molecule has 1 aliphatic heterocycles. The molecule has 0 amide bonds. The number of aryl methyl sites for hydroxylation is 3. The summed E-state index contributed by atoms with van der Waals surface area (Å²) in [6.07, 6.45) is 4.33. The summed E-state index contributed by atoms with van der Waals surface area (Å²) in [6, 6.07) is 15.0. The number of benzene rings is 2. The van der Waals surface area contributed by atoms with E-state index in [-0.39, 0.29) is 18.3 Å². The lowest BCUT2D eigenvalue weighted by atomic mass is 10.0. The monoisotopic (exact) mass is 473 g/mol. The van der Waals surface area contributed by atoms with Crippen molar-refractivity contribution in [2.45, 2.75) is 59.3 Å². The van der Waals surface area contributed by atoms with Crippen LogP contribution < -0.4 is 5.69 Å². The van der Waals surface area contributed by atoms with Crippen molar-refractivity contribution in [1.29, 1.82) is 0 Å². The lowest BCUT2D eigenvalue weighted by Gasteiger charge is -2.22. The summed E-state index contributed by atoms with van der Waals surface area (Å²) in [5, 5.41) is 14.7. The molecule has 1 aliphatic rings. The van der Waals surface area contributed by atoms with Crippen molar-refractivity contribution >= 4 is 11.0 Å². The molecule has 2 aromatic heterocycles. The number of aromatic nitrogens is 4. The first-order valence-electron chi connectivity index (χ1n) is 12.8. The molecular formula is C28H35N5O2. The highest BCUT2D eigenvalue weighted by molar-refractivity contribution is 5.87. The van der Waals surface area contributed by atoms with Gasteiger partial charge >= 0.3 is 5.69 Å². The Labute approximate surface area is 206 Å². The Morgan fingerprint density at radius 2 is 1.80 bits per heavy atom. The Bertz CT molecular complexity index is 1400. The Morgan fingerprint density at radius 1 is 1.00 bits per heavy atom. The molecule has 1 N–H and O–H groups in total. The smallest absolute Gasteiger partial charge is 0.329 e. The average molecular weight is 474 g/mol. The molecule has 0 unspecified atom stereocenters. The first kappa shape index (κ1) is 23.6. The third-order valence-corrected chi connectivity index (χ3v) is 7.34. The second-order valence-corrected chi connectivity index (χ2v) is 9.51. The van der Waals surface area contributed by atoms with Crippen LogP contribution in [-0.4, -0.2) is 54.7 Å². The molecule has 7 nitrogen and oxygen atoms in total. The molecule has 0 saturated carbocycles. The van der Waals surface area contributed by atoms with Gasteiger partial charge in [0.05, 0.1) is 24.2 Å². The molecular weight excluding hydrogens is 438 g/mol. The number of aliphatic hydroxyl groups excluding tert-OH is 1. The van der Waals surface area contributed by atoms with Crippen LogP contribution in [0.3, 0.4) is 0 Å². The molecule has 184 valence electrons. The lowest BCUT2D eigenvalue weighted by molar-refractivity contribution is 0.154. The van der Waals surface area contributed by atoms with Gasteiger partial charge < -0.3 is 5.11 Å². The van der Waals surface area contributed by atoms with Gasteiger partial charge in [0.25, 0.3) is 0 Å². The molecule has 1 saturated heterocycles. The minimum atomic E-state index is 0.0424. The Morgan fingerprint density at radius 3 is 2.54 bits per heavy atom. The fourth-order valence-corrected chi connectivity index (χ4v) is 5.48. The first-order chi connectivity index (χ1) is 17.0. The lowest BCUT2D eigenvalue weighted by Crippen LogP contribution is -2.34. The number of hydrogen-bond acceptors (Lipinski definition) is 4. The Hall–Kier alpha value is -3.16. The summed E-state index contributed by atoms with van der Waals surface area (Å²) in [5.74, 6) is 0. The predicted octanol–water partition coefficient (Wildman–Crippen LogP) is 4.14. The summed E-state index contributed by atoms with van der Waals surface area (Å²) in [7, 11) is 0. The van der Waals surface area contributed by atoms with Crippen LogP contribution in [0.2, 0.25) is 0 Å². The molecule has 1 fully saturated rings. The quantitative estimate of drug-likeness (QED) is 0.418. The third kappa shape index (κ3) is 4.34. The van der Waals surface area contributed by atoms with E-state index in [0.29, 0.717) is 13.1 Å². The standard InChI is InChI=1S/C28H35N5O2/c1-4-32-25-12-11-21(17-26(25)33(5-2)28(32)35)24-18-31(15-14-30-13-7-10-23(30)19-34)29-27(24)22-9-6-8-20(3)16-22/h6,8-9,11-12,16-18,23,34H,4-5,7,10,13-15,19H2,1-3H3/t23-/m1/s1. The van der Waals surface area contributed by atoms with Crippen LogP contribution in [0.15, 0.2) is 53.5 Å². The zero-order valence-electron chi connectivity index (χ0n) is 20.9. The highest BCUT2D eigenvalue weighted by Crippen LogP contribution is 2.33. The minimum Gasteiger partial charge on any atom is -0.395 e. The van der Waals surface area contributed by atoms with Crippen molar-refractivity contribution in [3.05, 3.63) is 64.7 Å². The topological polar surface area (TPSA) is 68.2 Å². The predicted molar refractivity (Wildman–Crippen MR) is 141 cm³/mol. The summed E-state index contributed by atoms with van der Waals surface area (Å²) in [6.45, 7) is 10.3. The highest BCUT2D eigenvalue weighted by atomic mass is 16.3. The Kier molecular flexibility index (Phi) is 6.62. The van der Waals surface area contributed by atoms with Crippen LogP contribution in [0.4, 0.5) is 0 Å². The molecule has 7 heteroatoms. The fraction of sp³-hybridized carbons (Fsp3) is 0.429. The third-order valence-electron chi connectivity index (χ3n) is 7.34. The van der Waals surface area contributed by atoms with Gasteiger partial charge in [0, 0.05) is 43.0 Å². The maximum atomic E-state index is 12.9. The SMILES string of the molecule is CCn1c(=O)n(CC)c2cc(-c3cn(CCN4CCC[C@@H]4CO)nc3-c3cccc(C)c3)ccc21. The van der Waals surface area contributed by atoms with Crippen LogP contribution in [0.1, 0.15) is 32.3 Å². The summed E-state index contributed by atoms with van der Waals surface area (Å²) in [4.78, 5) is 15.2. The molecule has 4 aromatic rings. The zero-order valence-corrected chi connectivity index (χ0v) is 20.9. The van der Waals surface area contributed by atoms with Crippen molar-refractivity contribution in [2.75, 3.05) is 19.7 Å². The van der Waals surface area contributed by atoms with Gasteiger partial charge in [-0.15, -0.1) is 0 Å². The van der Waals surface area contributed by atoms with E-state index < -0.39 is 0 Å². The minimum absolute atomic E-state index is 0.0424. The van der Waals surface area contributed by atoms with Gasteiger partial charge in [-0.05, 0) is 63.9 Å². The van der Waals surface area contributed by atoms with Crippen LogP contribution in [0, 0.1) is 6.92 Å². The summed E-state index contributed by atoms with van der Waals surface area (Å²) >= 11 is 0. The van der Waals surface area contributed by atoms with E-state index in [2.05, 4.69) is 60.5 Å². The molecule has 35 heavy (non-hydrogen) atoms. The van der Waals surface area contributed by atoms with E-state index in [1.54, 1.807) is 0 Å². The first-order valence-corrected chi connectivity index (χ1v) is 12.8. The molecule has 5 rings (SSSR count). The number of rotatable bonds is 8. The molecule has 3 heterocycles. The number of aliphatic hydroxyl groups is 1. The zero-order chi connectivity index (χ0) is 24.5.